The lowest BCUT2D eigenvalue weighted by Gasteiger charge is -2.27. The van der Waals surface area contributed by atoms with Crippen molar-refractivity contribution in [3.8, 4) is 0 Å². The fourth-order valence-electron chi connectivity index (χ4n) is 4.58. The van der Waals surface area contributed by atoms with Gasteiger partial charge in [-0.05, 0) is 43.9 Å². The number of esters is 1. The highest BCUT2D eigenvalue weighted by Crippen LogP contribution is 2.15. The van der Waals surface area contributed by atoms with E-state index in [1.807, 2.05) is 13.8 Å². The van der Waals surface area contributed by atoms with Crippen molar-refractivity contribution < 1.29 is 33.5 Å². The van der Waals surface area contributed by atoms with Gasteiger partial charge in [0.15, 0.2) is 0 Å². The highest BCUT2D eigenvalue weighted by Gasteiger charge is 2.33. The van der Waals surface area contributed by atoms with Crippen LogP contribution in [0.1, 0.15) is 100 Å². The number of carbonyl (C=O) groups is 6. The van der Waals surface area contributed by atoms with Crippen molar-refractivity contribution in [1.29, 1.82) is 0 Å². The number of unbranched alkanes of at least 4 members (excludes halogenated alkanes) is 3. The highest BCUT2D eigenvalue weighted by molar-refractivity contribution is 5.95. The molecule has 0 aliphatic carbocycles. The molecule has 1 aliphatic rings. The van der Waals surface area contributed by atoms with Crippen LogP contribution in [-0.4, -0.2) is 72.3 Å². The van der Waals surface area contributed by atoms with E-state index in [1.54, 1.807) is 27.7 Å². The quantitative estimate of drug-likeness (QED) is 0.199. The SMILES string of the molecule is CCCCCCC1CC(=O)NCC(=O)N[C@@H](C(C)C)C(=O)N[C@H](CC(C)C)C(=O)N[C@@H](C)C(=O)N[C@@H](C(C)C)C(=O)O1. The molecular formula is C30H53N5O7. The van der Waals surface area contributed by atoms with Crippen molar-refractivity contribution in [3.05, 3.63) is 0 Å². The number of carbonyl (C=O) groups excluding carboxylic acids is 6. The maximum atomic E-state index is 13.2. The number of hydrogen-bond acceptors (Lipinski definition) is 7. The lowest BCUT2D eigenvalue weighted by Crippen LogP contribution is -2.58. The summed E-state index contributed by atoms with van der Waals surface area (Å²) < 4.78 is 5.74. The summed E-state index contributed by atoms with van der Waals surface area (Å²) in [5, 5.41) is 13.2. The lowest BCUT2D eigenvalue weighted by atomic mass is 9.99. The minimum absolute atomic E-state index is 0.0316. The molecule has 1 fully saturated rings. The summed E-state index contributed by atoms with van der Waals surface area (Å²) in [4.78, 5) is 78.2. The van der Waals surface area contributed by atoms with E-state index in [9.17, 15) is 28.8 Å². The molecule has 240 valence electrons. The molecular weight excluding hydrogens is 542 g/mol. The summed E-state index contributed by atoms with van der Waals surface area (Å²) in [5.41, 5.74) is 0. The van der Waals surface area contributed by atoms with Gasteiger partial charge in [0.2, 0.25) is 29.5 Å². The number of hydrogen-bond donors (Lipinski definition) is 5. The molecule has 12 heteroatoms. The topological polar surface area (TPSA) is 172 Å². The van der Waals surface area contributed by atoms with Gasteiger partial charge in [-0.25, -0.2) is 4.79 Å². The summed E-state index contributed by atoms with van der Waals surface area (Å²) in [5.74, 6) is -4.04. The van der Waals surface area contributed by atoms with Gasteiger partial charge in [-0.3, -0.25) is 24.0 Å². The smallest absolute Gasteiger partial charge is 0.329 e. The van der Waals surface area contributed by atoms with E-state index in [1.165, 1.54) is 6.92 Å². The van der Waals surface area contributed by atoms with Crippen molar-refractivity contribution in [2.45, 2.75) is 131 Å². The maximum Gasteiger partial charge on any atom is 0.329 e. The number of cyclic esters (lactones) is 1. The van der Waals surface area contributed by atoms with Crippen LogP contribution in [-0.2, 0) is 33.5 Å². The molecule has 1 aliphatic heterocycles. The number of nitrogens with one attached hydrogen (secondary N) is 5. The molecule has 0 aromatic rings. The predicted octanol–water partition coefficient (Wildman–Crippen LogP) is 1.71. The first-order valence-electron chi connectivity index (χ1n) is 15.3. The Labute approximate surface area is 250 Å². The van der Waals surface area contributed by atoms with E-state index in [0.717, 1.165) is 25.7 Å². The molecule has 1 heterocycles. The average Bonchev–Trinajstić information content (AvgIpc) is 2.89. The normalized spacial score (nSPS) is 25.9. The highest BCUT2D eigenvalue weighted by atomic mass is 16.5. The van der Waals surface area contributed by atoms with Crippen LogP contribution in [0.3, 0.4) is 0 Å². The zero-order valence-electron chi connectivity index (χ0n) is 26.6. The van der Waals surface area contributed by atoms with Gasteiger partial charge in [0.1, 0.15) is 30.3 Å². The first-order chi connectivity index (χ1) is 19.7. The molecule has 0 aromatic heterocycles. The second-order valence-electron chi connectivity index (χ2n) is 12.3. The van der Waals surface area contributed by atoms with E-state index in [-0.39, 0.29) is 30.7 Å². The zero-order chi connectivity index (χ0) is 32.0. The molecule has 5 atom stereocenters. The van der Waals surface area contributed by atoms with Crippen molar-refractivity contribution >= 4 is 35.5 Å². The minimum Gasteiger partial charge on any atom is -0.460 e. The Bertz CT molecular complexity index is 937. The van der Waals surface area contributed by atoms with Crippen molar-refractivity contribution in [2.75, 3.05) is 6.54 Å². The minimum atomic E-state index is -1.02. The molecule has 5 amide bonds. The summed E-state index contributed by atoms with van der Waals surface area (Å²) in [6, 6.07) is -3.95. The van der Waals surface area contributed by atoms with Crippen LogP contribution >= 0.6 is 0 Å². The van der Waals surface area contributed by atoms with Gasteiger partial charge < -0.3 is 31.3 Å². The van der Waals surface area contributed by atoms with Crippen LogP contribution in [0.15, 0.2) is 0 Å². The summed E-state index contributed by atoms with van der Waals surface area (Å²) in [7, 11) is 0. The fourth-order valence-corrected chi connectivity index (χ4v) is 4.58. The van der Waals surface area contributed by atoms with Gasteiger partial charge in [0.05, 0.1) is 13.0 Å². The van der Waals surface area contributed by atoms with Crippen LogP contribution in [0.2, 0.25) is 0 Å². The first kappa shape index (κ1) is 36.8. The Morgan fingerprint density at radius 1 is 0.738 bits per heavy atom. The van der Waals surface area contributed by atoms with Crippen molar-refractivity contribution in [1.82, 2.24) is 26.6 Å². The maximum absolute atomic E-state index is 13.2. The Balaban J connectivity index is 3.33. The summed E-state index contributed by atoms with van der Waals surface area (Å²) >= 11 is 0. The predicted molar refractivity (Wildman–Crippen MR) is 159 cm³/mol. The molecule has 42 heavy (non-hydrogen) atoms. The largest absolute Gasteiger partial charge is 0.460 e. The van der Waals surface area contributed by atoms with Crippen molar-refractivity contribution in [2.24, 2.45) is 17.8 Å². The van der Waals surface area contributed by atoms with E-state index >= 15 is 0 Å². The molecule has 0 radical (unpaired) electrons. The number of amides is 5. The van der Waals surface area contributed by atoms with Gasteiger partial charge in [-0.15, -0.1) is 0 Å². The Kier molecular flexibility index (Phi) is 16.1. The second kappa shape index (κ2) is 18.4. The Morgan fingerprint density at radius 3 is 1.95 bits per heavy atom. The fraction of sp³-hybridized carbons (Fsp3) is 0.800. The number of ether oxygens (including phenoxy) is 1. The third-order valence-corrected chi connectivity index (χ3v) is 7.10. The standard InChI is InChI=1S/C30H53N5O7/c1-9-10-11-12-13-21-15-23(36)31-16-24(37)34-25(18(4)5)29(40)33-22(14-17(2)3)28(39)32-20(8)27(38)35-26(19(6)7)30(41)42-21/h17-22,25-26H,9-16H2,1-8H3,(H,31,36)(H,32,39)(H,33,40)(H,34,37)(H,35,38)/t20-,21?,22+,25-,26-/m0/s1. The molecule has 0 bridgehead atoms. The van der Waals surface area contributed by atoms with E-state index in [4.69, 9.17) is 4.74 Å². The monoisotopic (exact) mass is 595 g/mol. The molecule has 5 N–H and O–H groups in total. The molecule has 1 saturated heterocycles. The Hall–Kier alpha value is -3.18. The van der Waals surface area contributed by atoms with Crippen LogP contribution in [0.4, 0.5) is 0 Å². The molecule has 1 unspecified atom stereocenters. The van der Waals surface area contributed by atoms with E-state index < -0.39 is 65.8 Å². The average molecular weight is 596 g/mol. The van der Waals surface area contributed by atoms with Gasteiger partial charge in [0, 0.05) is 0 Å². The molecule has 0 spiro atoms. The summed E-state index contributed by atoms with van der Waals surface area (Å²) in [6.45, 7) is 14.0. The van der Waals surface area contributed by atoms with Gasteiger partial charge in [-0.1, -0.05) is 67.7 Å². The van der Waals surface area contributed by atoms with Crippen LogP contribution in [0.5, 0.6) is 0 Å². The third kappa shape index (κ3) is 13.2. The summed E-state index contributed by atoms with van der Waals surface area (Å²) in [6.07, 6.45) is 3.51. The first-order valence-corrected chi connectivity index (χ1v) is 15.3. The van der Waals surface area contributed by atoms with Gasteiger partial charge >= 0.3 is 5.97 Å². The third-order valence-electron chi connectivity index (χ3n) is 7.10. The van der Waals surface area contributed by atoms with E-state index in [0.29, 0.717) is 12.8 Å². The molecule has 1 rings (SSSR count). The van der Waals surface area contributed by atoms with E-state index in [2.05, 4.69) is 33.5 Å². The van der Waals surface area contributed by atoms with Crippen LogP contribution < -0.4 is 26.6 Å². The van der Waals surface area contributed by atoms with Crippen molar-refractivity contribution in [3.63, 3.8) is 0 Å². The Morgan fingerprint density at radius 2 is 1.38 bits per heavy atom. The molecule has 12 nitrogen and oxygen atoms in total. The second-order valence-corrected chi connectivity index (χ2v) is 12.3. The lowest BCUT2D eigenvalue weighted by molar-refractivity contribution is -0.156. The van der Waals surface area contributed by atoms with Crippen LogP contribution in [0.25, 0.3) is 0 Å². The number of rotatable bonds is 9. The van der Waals surface area contributed by atoms with Gasteiger partial charge in [0.25, 0.3) is 0 Å². The molecule has 0 aromatic carbocycles. The zero-order valence-corrected chi connectivity index (χ0v) is 26.6. The van der Waals surface area contributed by atoms with Crippen LogP contribution in [0, 0.1) is 17.8 Å². The molecule has 0 saturated carbocycles. The van der Waals surface area contributed by atoms with Gasteiger partial charge in [-0.2, -0.15) is 0 Å².